The molecule has 0 saturated heterocycles. The summed E-state index contributed by atoms with van der Waals surface area (Å²) in [7, 11) is 0. The number of aliphatic hydroxyl groups excluding tert-OH is 1. The molecule has 1 heterocycles. The first-order valence-corrected chi connectivity index (χ1v) is 6.20. The van der Waals surface area contributed by atoms with Gasteiger partial charge in [-0.1, -0.05) is 13.8 Å². The molecule has 1 aromatic heterocycles. The van der Waals surface area contributed by atoms with E-state index in [0.717, 1.165) is 12.8 Å². The molecule has 100 valence electrons. The number of pyridine rings is 1. The van der Waals surface area contributed by atoms with Gasteiger partial charge >= 0.3 is 5.97 Å². The van der Waals surface area contributed by atoms with Crippen LogP contribution in [0.25, 0.3) is 0 Å². The number of carboxylic acids is 1. The Bertz CT molecular complexity index is 374. The molecule has 0 aliphatic carbocycles. The molecular formula is C13H20N2O3. The van der Waals surface area contributed by atoms with Crippen molar-refractivity contribution >= 4 is 11.8 Å². The van der Waals surface area contributed by atoms with Crippen LogP contribution in [0.15, 0.2) is 18.3 Å². The Balaban J connectivity index is 2.94. The van der Waals surface area contributed by atoms with Crippen LogP contribution in [0, 0.1) is 0 Å². The number of carboxylic acid groups (broad SMARTS) is 1. The van der Waals surface area contributed by atoms with Crippen molar-refractivity contribution < 1.29 is 15.0 Å². The lowest BCUT2D eigenvalue weighted by atomic mass is 10.1. The van der Waals surface area contributed by atoms with Crippen molar-refractivity contribution in [2.45, 2.75) is 32.7 Å². The summed E-state index contributed by atoms with van der Waals surface area (Å²) in [5, 5.41) is 17.9. The minimum absolute atomic E-state index is 0.0544. The SMILES string of the molecule is CCC(CC)N(CCO)c1ccc(C(=O)O)cn1. The number of carbonyl (C=O) groups is 1. The van der Waals surface area contributed by atoms with E-state index in [1.54, 1.807) is 6.07 Å². The molecule has 0 spiro atoms. The molecule has 1 aromatic rings. The van der Waals surface area contributed by atoms with Gasteiger partial charge in [0.05, 0.1) is 12.2 Å². The van der Waals surface area contributed by atoms with Gasteiger partial charge in [-0.05, 0) is 25.0 Å². The molecule has 0 aromatic carbocycles. The van der Waals surface area contributed by atoms with Crippen molar-refractivity contribution in [2.75, 3.05) is 18.1 Å². The first-order valence-electron chi connectivity index (χ1n) is 6.20. The van der Waals surface area contributed by atoms with Crippen LogP contribution in [0.4, 0.5) is 5.82 Å². The topological polar surface area (TPSA) is 73.7 Å². The van der Waals surface area contributed by atoms with Gasteiger partial charge in [0.15, 0.2) is 0 Å². The number of aromatic nitrogens is 1. The molecule has 0 aliphatic heterocycles. The number of nitrogens with zero attached hydrogens (tertiary/aromatic N) is 2. The van der Waals surface area contributed by atoms with E-state index >= 15 is 0 Å². The zero-order chi connectivity index (χ0) is 13.5. The van der Waals surface area contributed by atoms with E-state index in [2.05, 4.69) is 18.8 Å². The van der Waals surface area contributed by atoms with Gasteiger partial charge in [0, 0.05) is 18.8 Å². The van der Waals surface area contributed by atoms with E-state index in [4.69, 9.17) is 10.2 Å². The van der Waals surface area contributed by atoms with Crippen LogP contribution in [-0.2, 0) is 0 Å². The molecule has 18 heavy (non-hydrogen) atoms. The number of hydrogen-bond donors (Lipinski definition) is 2. The molecule has 0 radical (unpaired) electrons. The van der Waals surface area contributed by atoms with Gasteiger partial charge in [0.1, 0.15) is 5.82 Å². The van der Waals surface area contributed by atoms with Gasteiger partial charge in [-0.2, -0.15) is 0 Å². The maximum Gasteiger partial charge on any atom is 0.337 e. The third kappa shape index (κ3) is 3.43. The second-order valence-corrected chi connectivity index (χ2v) is 4.10. The van der Waals surface area contributed by atoms with Crippen molar-refractivity contribution in [3.05, 3.63) is 23.9 Å². The normalized spacial score (nSPS) is 10.7. The summed E-state index contributed by atoms with van der Waals surface area (Å²) < 4.78 is 0. The van der Waals surface area contributed by atoms with Gasteiger partial charge < -0.3 is 15.1 Å². The largest absolute Gasteiger partial charge is 0.478 e. The van der Waals surface area contributed by atoms with E-state index in [0.29, 0.717) is 18.4 Å². The number of rotatable bonds is 7. The predicted molar refractivity (Wildman–Crippen MR) is 70.0 cm³/mol. The summed E-state index contributed by atoms with van der Waals surface area (Å²) >= 11 is 0. The van der Waals surface area contributed by atoms with E-state index in [9.17, 15) is 4.79 Å². The number of hydrogen-bond acceptors (Lipinski definition) is 4. The van der Waals surface area contributed by atoms with E-state index in [1.807, 2.05) is 4.90 Å². The van der Waals surface area contributed by atoms with Crippen LogP contribution in [0.1, 0.15) is 37.0 Å². The van der Waals surface area contributed by atoms with Crippen molar-refractivity contribution in [2.24, 2.45) is 0 Å². The van der Waals surface area contributed by atoms with Crippen molar-refractivity contribution in [1.82, 2.24) is 4.98 Å². The van der Waals surface area contributed by atoms with E-state index in [-0.39, 0.29) is 12.2 Å². The number of anilines is 1. The Labute approximate surface area is 107 Å². The summed E-state index contributed by atoms with van der Waals surface area (Å²) in [5.74, 6) is -0.270. The van der Waals surface area contributed by atoms with Crippen LogP contribution in [0.3, 0.4) is 0 Å². The van der Waals surface area contributed by atoms with Gasteiger partial charge in [-0.3, -0.25) is 0 Å². The molecule has 0 fully saturated rings. The van der Waals surface area contributed by atoms with E-state index in [1.165, 1.54) is 12.3 Å². The highest BCUT2D eigenvalue weighted by molar-refractivity contribution is 5.87. The molecular weight excluding hydrogens is 232 g/mol. The van der Waals surface area contributed by atoms with Crippen molar-refractivity contribution in [3.8, 4) is 0 Å². The molecule has 0 unspecified atom stereocenters. The lowest BCUT2D eigenvalue weighted by Crippen LogP contribution is -2.37. The predicted octanol–water partition coefficient (Wildman–Crippen LogP) is 1.77. The van der Waals surface area contributed by atoms with Crippen LogP contribution < -0.4 is 4.90 Å². The van der Waals surface area contributed by atoms with Crippen LogP contribution in [0.2, 0.25) is 0 Å². The maximum atomic E-state index is 10.8. The molecule has 0 aliphatic rings. The first-order chi connectivity index (χ1) is 8.63. The molecule has 1 rings (SSSR count). The minimum atomic E-state index is -0.981. The summed E-state index contributed by atoms with van der Waals surface area (Å²) in [5.41, 5.74) is 0.173. The lowest BCUT2D eigenvalue weighted by molar-refractivity contribution is 0.0696. The first kappa shape index (κ1) is 14.4. The molecule has 5 nitrogen and oxygen atoms in total. The van der Waals surface area contributed by atoms with Crippen LogP contribution in [-0.4, -0.2) is 40.4 Å². The molecule has 2 N–H and O–H groups in total. The highest BCUT2D eigenvalue weighted by Crippen LogP contribution is 2.18. The molecule has 5 heteroatoms. The Morgan fingerprint density at radius 1 is 1.39 bits per heavy atom. The summed E-state index contributed by atoms with van der Waals surface area (Å²) in [6, 6.07) is 3.54. The smallest absolute Gasteiger partial charge is 0.337 e. The van der Waals surface area contributed by atoms with Crippen molar-refractivity contribution in [1.29, 1.82) is 0 Å². The number of aliphatic hydroxyl groups is 1. The van der Waals surface area contributed by atoms with E-state index < -0.39 is 5.97 Å². The third-order valence-corrected chi connectivity index (χ3v) is 3.01. The standard InChI is InChI=1S/C13H20N2O3/c1-3-11(4-2)15(7-8-16)12-6-5-10(9-14-12)13(17)18/h5-6,9,11,16H,3-4,7-8H2,1-2H3,(H,17,18). The monoisotopic (exact) mass is 252 g/mol. The van der Waals surface area contributed by atoms with Gasteiger partial charge in [0.2, 0.25) is 0 Å². The zero-order valence-electron chi connectivity index (χ0n) is 10.8. The van der Waals surface area contributed by atoms with Crippen LogP contribution >= 0.6 is 0 Å². The summed E-state index contributed by atoms with van der Waals surface area (Å²) in [6.45, 7) is 4.74. The Hall–Kier alpha value is -1.62. The fraction of sp³-hybridized carbons (Fsp3) is 0.538. The Kier molecular flexibility index (Phi) is 5.58. The summed E-state index contributed by atoms with van der Waals surface area (Å²) in [4.78, 5) is 16.9. The third-order valence-electron chi connectivity index (χ3n) is 3.01. The highest BCUT2D eigenvalue weighted by atomic mass is 16.4. The fourth-order valence-corrected chi connectivity index (χ4v) is 2.00. The van der Waals surface area contributed by atoms with Gasteiger partial charge in [-0.25, -0.2) is 9.78 Å². The fourth-order valence-electron chi connectivity index (χ4n) is 2.00. The van der Waals surface area contributed by atoms with Crippen molar-refractivity contribution in [3.63, 3.8) is 0 Å². The second kappa shape index (κ2) is 6.96. The molecule has 0 saturated carbocycles. The number of aromatic carboxylic acids is 1. The quantitative estimate of drug-likeness (QED) is 0.773. The Morgan fingerprint density at radius 2 is 2.06 bits per heavy atom. The molecule has 0 atom stereocenters. The van der Waals surface area contributed by atoms with Gasteiger partial charge in [-0.15, -0.1) is 0 Å². The average Bonchev–Trinajstić information content (AvgIpc) is 2.39. The summed E-state index contributed by atoms with van der Waals surface area (Å²) in [6.07, 6.45) is 3.27. The van der Waals surface area contributed by atoms with Crippen LogP contribution in [0.5, 0.6) is 0 Å². The Morgan fingerprint density at radius 3 is 2.44 bits per heavy atom. The lowest BCUT2D eigenvalue weighted by Gasteiger charge is -2.31. The minimum Gasteiger partial charge on any atom is -0.478 e. The highest BCUT2D eigenvalue weighted by Gasteiger charge is 2.16. The molecule has 0 bridgehead atoms. The molecule has 0 amide bonds. The average molecular weight is 252 g/mol. The second-order valence-electron chi connectivity index (χ2n) is 4.10. The zero-order valence-corrected chi connectivity index (χ0v) is 10.8. The van der Waals surface area contributed by atoms with Gasteiger partial charge in [0.25, 0.3) is 0 Å². The maximum absolute atomic E-state index is 10.8.